The van der Waals surface area contributed by atoms with Crippen LogP contribution in [0.25, 0.3) is 0 Å². The first-order valence-electron chi connectivity index (χ1n) is 3.90. The molecule has 1 fully saturated rings. The molecule has 1 rings (SSSR count). The van der Waals surface area contributed by atoms with Gasteiger partial charge < -0.3 is 5.11 Å². The highest BCUT2D eigenvalue weighted by atomic mass is 16.4. The Labute approximate surface area is 66.9 Å². The molecule has 0 aromatic rings. The summed E-state index contributed by atoms with van der Waals surface area (Å²) in [5, 5.41) is 8.75. The molecule has 1 saturated carbocycles. The minimum atomic E-state index is -0.668. The minimum absolute atomic E-state index is 0.0828. The van der Waals surface area contributed by atoms with Crippen LogP contribution in [0.1, 0.15) is 20.8 Å². The van der Waals surface area contributed by atoms with Crippen LogP contribution in [0, 0.1) is 17.3 Å². The van der Waals surface area contributed by atoms with Crippen LogP contribution < -0.4 is 0 Å². The summed E-state index contributed by atoms with van der Waals surface area (Å²) in [4.78, 5) is 10.6. The van der Waals surface area contributed by atoms with E-state index in [1.54, 1.807) is 0 Å². The number of hydrogen-bond donors (Lipinski definition) is 1. The van der Waals surface area contributed by atoms with Crippen molar-refractivity contribution in [2.24, 2.45) is 17.3 Å². The maximum atomic E-state index is 10.6. The van der Waals surface area contributed by atoms with Gasteiger partial charge in [-0.1, -0.05) is 26.0 Å². The number of carboxylic acid groups (broad SMARTS) is 1. The van der Waals surface area contributed by atoms with Gasteiger partial charge in [0, 0.05) is 5.41 Å². The molecule has 0 spiro atoms. The molecule has 2 nitrogen and oxygen atoms in total. The van der Waals surface area contributed by atoms with E-state index in [1.807, 2.05) is 32.9 Å². The van der Waals surface area contributed by atoms with E-state index in [4.69, 9.17) is 5.11 Å². The zero-order valence-electron chi connectivity index (χ0n) is 7.16. The third kappa shape index (κ3) is 1.06. The summed E-state index contributed by atoms with van der Waals surface area (Å²) in [5.41, 5.74) is -0.0828. The Kier molecular flexibility index (Phi) is 1.78. The Morgan fingerprint density at radius 1 is 1.64 bits per heavy atom. The molecule has 3 atom stereocenters. The van der Waals surface area contributed by atoms with Crippen LogP contribution in [0.5, 0.6) is 0 Å². The second kappa shape index (κ2) is 2.36. The van der Waals surface area contributed by atoms with E-state index in [-0.39, 0.29) is 17.3 Å². The highest BCUT2D eigenvalue weighted by Gasteiger charge is 2.60. The summed E-state index contributed by atoms with van der Waals surface area (Å²) in [6.07, 6.45) is 3.93. The third-order valence-electron chi connectivity index (χ3n) is 2.83. The van der Waals surface area contributed by atoms with Crippen molar-refractivity contribution in [3.05, 3.63) is 12.2 Å². The van der Waals surface area contributed by atoms with E-state index in [9.17, 15) is 4.79 Å². The maximum absolute atomic E-state index is 10.6. The zero-order chi connectivity index (χ0) is 8.65. The van der Waals surface area contributed by atoms with Crippen molar-refractivity contribution in [1.29, 1.82) is 0 Å². The van der Waals surface area contributed by atoms with Crippen LogP contribution in [-0.4, -0.2) is 11.1 Å². The largest absolute Gasteiger partial charge is 0.481 e. The maximum Gasteiger partial charge on any atom is 0.307 e. The summed E-state index contributed by atoms with van der Waals surface area (Å²) >= 11 is 0. The lowest BCUT2D eigenvalue weighted by Crippen LogP contribution is -2.04. The molecule has 0 aliphatic heterocycles. The summed E-state index contributed by atoms with van der Waals surface area (Å²) in [6.45, 7) is 5.91. The molecule has 0 radical (unpaired) electrons. The van der Waals surface area contributed by atoms with Gasteiger partial charge in [-0.15, -0.1) is 0 Å². The smallest absolute Gasteiger partial charge is 0.307 e. The second-order valence-electron chi connectivity index (χ2n) is 3.47. The molecule has 0 heterocycles. The summed E-state index contributed by atoms with van der Waals surface area (Å²) in [6, 6.07) is 0. The Hall–Kier alpha value is -0.790. The first kappa shape index (κ1) is 8.31. The summed E-state index contributed by atoms with van der Waals surface area (Å²) in [5.74, 6) is -0.548. The predicted octanol–water partition coefficient (Wildman–Crippen LogP) is 1.92. The minimum Gasteiger partial charge on any atom is -0.481 e. The molecule has 0 aromatic heterocycles. The van der Waals surface area contributed by atoms with Gasteiger partial charge in [-0.3, -0.25) is 4.79 Å². The Balaban J connectivity index is 2.72. The third-order valence-corrected chi connectivity index (χ3v) is 2.83. The summed E-state index contributed by atoms with van der Waals surface area (Å²) in [7, 11) is 0. The van der Waals surface area contributed by atoms with Gasteiger partial charge in [0.2, 0.25) is 0 Å². The molecule has 0 bridgehead atoms. The number of rotatable bonds is 2. The Morgan fingerprint density at radius 3 is 2.45 bits per heavy atom. The van der Waals surface area contributed by atoms with Crippen molar-refractivity contribution in [3.8, 4) is 0 Å². The van der Waals surface area contributed by atoms with Crippen molar-refractivity contribution in [3.63, 3.8) is 0 Å². The fraction of sp³-hybridized carbons (Fsp3) is 0.667. The molecule has 1 aliphatic carbocycles. The lowest BCUT2D eigenvalue weighted by Gasteiger charge is -1.99. The molecule has 0 amide bonds. The standard InChI is InChI=1S/C9H14O2/c1-4-5-9(3)6(2)7(9)8(10)11/h4-7H,1-3H3,(H,10,11). The highest BCUT2D eigenvalue weighted by Crippen LogP contribution is 2.59. The van der Waals surface area contributed by atoms with Crippen molar-refractivity contribution in [1.82, 2.24) is 0 Å². The lowest BCUT2D eigenvalue weighted by atomic mass is 10.1. The molecule has 62 valence electrons. The molecule has 0 aromatic carbocycles. The number of aliphatic carboxylic acids is 1. The zero-order valence-corrected chi connectivity index (χ0v) is 7.16. The Bertz CT molecular complexity index is 208. The van der Waals surface area contributed by atoms with E-state index in [0.717, 1.165) is 0 Å². The van der Waals surface area contributed by atoms with E-state index in [2.05, 4.69) is 0 Å². The molecule has 0 saturated heterocycles. The number of carbonyl (C=O) groups is 1. The van der Waals surface area contributed by atoms with E-state index >= 15 is 0 Å². The molecule has 1 aliphatic rings. The molecular formula is C9H14O2. The van der Waals surface area contributed by atoms with Gasteiger partial charge in [0.1, 0.15) is 0 Å². The van der Waals surface area contributed by atoms with E-state index in [1.165, 1.54) is 0 Å². The van der Waals surface area contributed by atoms with Gasteiger partial charge in [0.15, 0.2) is 0 Å². The summed E-state index contributed by atoms with van der Waals surface area (Å²) < 4.78 is 0. The normalized spacial score (nSPS) is 42.8. The van der Waals surface area contributed by atoms with Crippen molar-refractivity contribution < 1.29 is 9.90 Å². The second-order valence-corrected chi connectivity index (χ2v) is 3.47. The number of allylic oxidation sites excluding steroid dienone is 2. The monoisotopic (exact) mass is 154 g/mol. The van der Waals surface area contributed by atoms with Gasteiger partial charge in [-0.05, 0) is 12.8 Å². The topological polar surface area (TPSA) is 37.3 Å². The highest BCUT2D eigenvalue weighted by molar-refractivity contribution is 5.76. The van der Waals surface area contributed by atoms with Crippen LogP contribution in [0.15, 0.2) is 12.2 Å². The molecular weight excluding hydrogens is 140 g/mol. The van der Waals surface area contributed by atoms with Gasteiger partial charge in [-0.2, -0.15) is 0 Å². The van der Waals surface area contributed by atoms with Crippen molar-refractivity contribution in [2.45, 2.75) is 20.8 Å². The molecule has 2 heteroatoms. The average Bonchev–Trinajstić information content (AvgIpc) is 2.36. The van der Waals surface area contributed by atoms with Gasteiger partial charge in [0.05, 0.1) is 5.92 Å². The first-order valence-corrected chi connectivity index (χ1v) is 3.90. The van der Waals surface area contributed by atoms with Gasteiger partial charge in [0.25, 0.3) is 0 Å². The van der Waals surface area contributed by atoms with Gasteiger partial charge >= 0.3 is 5.97 Å². The SMILES string of the molecule is CC=CC1(C)C(C)C1C(=O)O. The lowest BCUT2D eigenvalue weighted by molar-refractivity contribution is -0.139. The van der Waals surface area contributed by atoms with E-state index < -0.39 is 5.97 Å². The van der Waals surface area contributed by atoms with E-state index in [0.29, 0.717) is 0 Å². The van der Waals surface area contributed by atoms with Crippen LogP contribution in [-0.2, 0) is 4.79 Å². The van der Waals surface area contributed by atoms with Crippen LogP contribution in [0.3, 0.4) is 0 Å². The van der Waals surface area contributed by atoms with Gasteiger partial charge in [-0.25, -0.2) is 0 Å². The van der Waals surface area contributed by atoms with Crippen LogP contribution in [0.2, 0.25) is 0 Å². The van der Waals surface area contributed by atoms with Crippen molar-refractivity contribution >= 4 is 5.97 Å². The predicted molar refractivity (Wildman–Crippen MR) is 43.2 cm³/mol. The number of carboxylic acids is 1. The fourth-order valence-corrected chi connectivity index (χ4v) is 1.85. The molecule has 1 N–H and O–H groups in total. The van der Waals surface area contributed by atoms with Crippen LogP contribution >= 0.6 is 0 Å². The fourth-order valence-electron chi connectivity index (χ4n) is 1.85. The van der Waals surface area contributed by atoms with Crippen molar-refractivity contribution in [2.75, 3.05) is 0 Å². The molecule has 3 unspecified atom stereocenters. The quantitative estimate of drug-likeness (QED) is 0.617. The number of hydrogen-bond acceptors (Lipinski definition) is 1. The first-order chi connectivity index (χ1) is 5.04. The van der Waals surface area contributed by atoms with Crippen LogP contribution in [0.4, 0.5) is 0 Å². The Morgan fingerprint density at radius 2 is 2.18 bits per heavy atom. The average molecular weight is 154 g/mol. The molecule has 11 heavy (non-hydrogen) atoms.